The van der Waals surface area contributed by atoms with E-state index >= 15 is 0 Å². The maximum Gasteiger partial charge on any atom is 0.349 e. The largest absolute Gasteiger partial charge is 0.465 e. The van der Waals surface area contributed by atoms with Crippen LogP contribution in [0.25, 0.3) is 0 Å². The summed E-state index contributed by atoms with van der Waals surface area (Å²) < 4.78 is 32.3. The van der Waals surface area contributed by atoms with E-state index in [9.17, 15) is 13.2 Å². The third-order valence-electron chi connectivity index (χ3n) is 3.64. The number of para-hydroxylation sites is 1. The van der Waals surface area contributed by atoms with Gasteiger partial charge in [-0.1, -0.05) is 18.2 Å². The SMILES string of the molecule is COC(=O)c1sccc1S(=O)(=O)N1CCNCc2ccccc21. The molecule has 0 radical (unpaired) electrons. The van der Waals surface area contributed by atoms with Crippen LogP contribution in [-0.2, 0) is 21.3 Å². The number of nitrogens with zero attached hydrogens (tertiary/aromatic N) is 1. The molecule has 0 aliphatic carbocycles. The van der Waals surface area contributed by atoms with Gasteiger partial charge in [-0.25, -0.2) is 13.2 Å². The molecular formula is C15H16N2O4S2. The van der Waals surface area contributed by atoms with Crippen molar-refractivity contribution in [2.45, 2.75) is 11.4 Å². The molecule has 0 saturated heterocycles. The van der Waals surface area contributed by atoms with Gasteiger partial charge in [-0.2, -0.15) is 0 Å². The van der Waals surface area contributed by atoms with Gasteiger partial charge in [0.1, 0.15) is 9.77 Å². The summed E-state index contributed by atoms with van der Waals surface area (Å²) in [6.45, 7) is 1.44. The first-order chi connectivity index (χ1) is 11.1. The number of sulfonamides is 1. The average Bonchev–Trinajstić information content (AvgIpc) is 2.95. The van der Waals surface area contributed by atoms with Gasteiger partial charge in [0.2, 0.25) is 0 Å². The van der Waals surface area contributed by atoms with Gasteiger partial charge in [0.15, 0.2) is 0 Å². The first-order valence-electron chi connectivity index (χ1n) is 7.03. The second kappa shape index (κ2) is 6.31. The highest BCUT2D eigenvalue weighted by Crippen LogP contribution is 2.31. The fourth-order valence-corrected chi connectivity index (χ4v) is 5.35. The summed E-state index contributed by atoms with van der Waals surface area (Å²) in [5.74, 6) is -0.639. The average molecular weight is 352 g/mol. The Morgan fingerprint density at radius 3 is 2.87 bits per heavy atom. The normalized spacial score (nSPS) is 14.9. The van der Waals surface area contributed by atoms with Crippen molar-refractivity contribution in [3.8, 4) is 0 Å². The van der Waals surface area contributed by atoms with Crippen LogP contribution < -0.4 is 9.62 Å². The molecule has 0 saturated carbocycles. The fourth-order valence-electron chi connectivity index (χ4n) is 2.54. The van der Waals surface area contributed by atoms with Gasteiger partial charge in [-0.3, -0.25) is 4.31 Å². The summed E-state index contributed by atoms with van der Waals surface area (Å²) in [7, 11) is -2.60. The molecule has 0 atom stereocenters. The Balaban J connectivity index is 2.10. The van der Waals surface area contributed by atoms with Crippen molar-refractivity contribution in [1.29, 1.82) is 0 Å². The number of hydrogen-bond acceptors (Lipinski definition) is 6. The van der Waals surface area contributed by atoms with E-state index in [1.807, 2.05) is 18.2 Å². The molecule has 122 valence electrons. The lowest BCUT2D eigenvalue weighted by molar-refractivity contribution is 0.0602. The maximum atomic E-state index is 13.1. The second-order valence-electron chi connectivity index (χ2n) is 4.99. The van der Waals surface area contributed by atoms with Crippen LogP contribution in [0.2, 0.25) is 0 Å². The summed E-state index contributed by atoms with van der Waals surface area (Å²) in [4.78, 5) is 11.9. The zero-order chi connectivity index (χ0) is 16.4. The van der Waals surface area contributed by atoms with Crippen LogP contribution in [-0.4, -0.2) is 34.6 Å². The van der Waals surface area contributed by atoms with Crippen LogP contribution in [0.5, 0.6) is 0 Å². The summed E-state index contributed by atoms with van der Waals surface area (Å²) in [6, 6.07) is 8.81. The number of thiophene rings is 1. The molecule has 1 aliphatic heterocycles. The Bertz CT molecular complexity index is 830. The zero-order valence-electron chi connectivity index (χ0n) is 12.5. The lowest BCUT2D eigenvalue weighted by atomic mass is 10.2. The third-order valence-corrected chi connectivity index (χ3v) is 6.51. The molecule has 1 aromatic heterocycles. The van der Waals surface area contributed by atoms with Crippen LogP contribution in [0.15, 0.2) is 40.6 Å². The molecule has 6 nitrogen and oxygen atoms in total. The predicted molar refractivity (Wildman–Crippen MR) is 88.3 cm³/mol. The number of fused-ring (bicyclic) bond motifs is 1. The molecule has 1 aliphatic rings. The minimum absolute atomic E-state index is 0.00828. The number of methoxy groups -OCH3 is 1. The topological polar surface area (TPSA) is 75.7 Å². The number of hydrogen-bond donors (Lipinski definition) is 1. The molecule has 0 fully saturated rings. The zero-order valence-corrected chi connectivity index (χ0v) is 14.1. The quantitative estimate of drug-likeness (QED) is 0.853. The standard InChI is InChI=1S/C15H16N2O4S2/c1-21-15(18)14-13(6-9-22-14)23(19,20)17-8-7-16-10-11-4-2-3-5-12(11)17/h2-6,9,16H,7-8,10H2,1H3. The number of carbonyl (C=O) groups excluding carboxylic acids is 1. The van der Waals surface area contributed by atoms with Gasteiger partial charge in [0, 0.05) is 19.6 Å². The van der Waals surface area contributed by atoms with Gasteiger partial charge < -0.3 is 10.1 Å². The minimum atomic E-state index is -3.84. The van der Waals surface area contributed by atoms with Crippen molar-refractivity contribution in [2.24, 2.45) is 0 Å². The number of anilines is 1. The number of carbonyl (C=O) groups is 1. The molecule has 0 bridgehead atoms. The molecule has 0 spiro atoms. The van der Waals surface area contributed by atoms with Crippen LogP contribution in [0.1, 0.15) is 15.2 Å². The van der Waals surface area contributed by atoms with Crippen molar-refractivity contribution in [3.63, 3.8) is 0 Å². The molecule has 0 unspecified atom stereocenters. The minimum Gasteiger partial charge on any atom is -0.465 e. The van der Waals surface area contributed by atoms with E-state index < -0.39 is 16.0 Å². The van der Waals surface area contributed by atoms with Gasteiger partial charge in [0.05, 0.1) is 12.8 Å². The Morgan fingerprint density at radius 1 is 1.30 bits per heavy atom. The number of esters is 1. The third kappa shape index (κ3) is 2.85. The Hall–Kier alpha value is -1.90. The van der Waals surface area contributed by atoms with E-state index in [1.165, 1.54) is 17.5 Å². The van der Waals surface area contributed by atoms with Gasteiger partial charge in [-0.15, -0.1) is 11.3 Å². The van der Waals surface area contributed by atoms with E-state index in [0.717, 1.165) is 16.9 Å². The van der Waals surface area contributed by atoms with Crippen LogP contribution in [0, 0.1) is 0 Å². The van der Waals surface area contributed by atoms with Crippen molar-refractivity contribution in [3.05, 3.63) is 46.2 Å². The van der Waals surface area contributed by atoms with Crippen LogP contribution >= 0.6 is 11.3 Å². The number of benzene rings is 1. The molecule has 0 amide bonds. The smallest absolute Gasteiger partial charge is 0.349 e. The van der Waals surface area contributed by atoms with E-state index in [-0.39, 0.29) is 9.77 Å². The van der Waals surface area contributed by atoms with Crippen molar-refractivity contribution in [1.82, 2.24) is 5.32 Å². The highest BCUT2D eigenvalue weighted by atomic mass is 32.2. The molecule has 2 heterocycles. The first kappa shape index (κ1) is 16.0. The van der Waals surface area contributed by atoms with Gasteiger partial charge in [-0.05, 0) is 23.1 Å². The number of ether oxygens (including phenoxy) is 1. The molecule has 23 heavy (non-hydrogen) atoms. The second-order valence-corrected chi connectivity index (χ2v) is 7.74. The highest BCUT2D eigenvalue weighted by molar-refractivity contribution is 7.93. The highest BCUT2D eigenvalue weighted by Gasteiger charge is 2.32. The summed E-state index contributed by atoms with van der Waals surface area (Å²) in [5, 5.41) is 4.79. The maximum absolute atomic E-state index is 13.1. The van der Waals surface area contributed by atoms with Crippen LogP contribution in [0.3, 0.4) is 0 Å². The van der Waals surface area contributed by atoms with E-state index in [0.29, 0.717) is 25.3 Å². The molecule has 8 heteroatoms. The van der Waals surface area contributed by atoms with Crippen molar-refractivity contribution < 1.29 is 17.9 Å². The molecule has 1 N–H and O–H groups in total. The monoisotopic (exact) mass is 352 g/mol. The fraction of sp³-hybridized carbons (Fsp3) is 0.267. The van der Waals surface area contributed by atoms with E-state index in [1.54, 1.807) is 11.4 Å². The molecular weight excluding hydrogens is 336 g/mol. The van der Waals surface area contributed by atoms with E-state index in [4.69, 9.17) is 0 Å². The molecule has 1 aromatic carbocycles. The lowest BCUT2D eigenvalue weighted by Gasteiger charge is -2.24. The predicted octanol–water partition coefficient (Wildman–Crippen LogP) is 1.83. The Kier molecular flexibility index (Phi) is 4.38. The van der Waals surface area contributed by atoms with Crippen molar-refractivity contribution >= 4 is 33.0 Å². The van der Waals surface area contributed by atoms with Crippen LogP contribution in [0.4, 0.5) is 5.69 Å². The molecule has 2 aromatic rings. The number of rotatable bonds is 3. The molecule has 3 rings (SSSR count). The first-order valence-corrected chi connectivity index (χ1v) is 9.35. The Morgan fingerprint density at radius 2 is 2.09 bits per heavy atom. The summed E-state index contributed by atoms with van der Waals surface area (Å²) >= 11 is 1.06. The summed E-state index contributed by atoms with van der Waals surface area (Å²) in [6.07, 6.45) is 0. The van der Waals surface area contributed by atoms with Gasteiger partial charge in [0.25, 0.3) is 10.0 Å². The summed E-state index contributed by atoms with van der Waals surface area (Å²) in [5.41, 5.74) is 1.54. The number of nitrogens with one attached hydrogen (secondary N) is 1. The lowest BCUT2D eigenvalue weighted by Crippen LogP contribution is -2.35. The van der Waals surface area contributed by atoms with Gasteiger partial charge >= 0.3 is 5.97 Å². The Labute approximate surface area is 138 Å². The van der Waals surface area contributed by atoms with Crippen molar-refractivity contribution in [2.75, 3.05) is 24.5 Å². The van der Waals surface area contributed by atoms with E-state index in [2.05, 4.69) is 10.1 Å².